The number of hydrogen-bond acceptors (Lipinski definition) is 3. The first kappa shape index (κ1) is 15.1. The number of benzene rings is 2. The minimum atomic E-state index is -1.03. The molecule has 0 bridgehead atoms. The molecule has 0 saturated carbocycles. The zero-order valence-corrected chi connectivity index (χ0v) is 11.5. The molecule has 0 amide bonds. The van der Waals surface area contributed by atoms with Gasteiger partial charge in [0.2, 0.25) is 0 Å². The number of aromatic hydroxyl groups is 1. The highest BCUT2D eigenvalue weighted by Crippen LogP contribution is 2.13. The standard InChI is InChI=1S/C16H15F2NO2/c1-19(9-11-3-2-4-13(20)7-11)10-16(21)12-5-6-14(17)15(18)8-12/h2-8,20H,9-10H2,1H3. The van der Waals surface area contributed by atoms with Crippen molar-refractivity contribution in [1.29, 1.82) is 0 Å². The van der Waals surface area contributed by atoms with Crippen LogP contribution in [-0.4, -0.2) is 29.4 Å². The molecule has 0 aliphatic rings. The normalized spacial score (nSPS) is 10.9. The molecule has 110 valence electrons. The van der Waals surface area contributed by atoms with E-state index in [-0.39, 0.29) is 23.6 Å². The highest BCUT2D eigenvalue weighted by atomic mass is 19.2. The SMILES string of the molecule is CN(CC(=O)c1ccc(F)c(F)c1)Cc1cccc(O)c1. The number of hydrogen-bond donors (Lipinski definition) is 1. The minimum absolute atomic E-state index is 0.0702. The molecule has 0 heterocycles. The fourth-order valence-electron chi connectivity index (χ4n) is 2.03. The van der Waals surface area contributed by atoms with Crippen molar-refractivity contribution in [3.8, 4) is 5.75 Å². The van der Waals surface area contributed by atoms with Crippen LogP contribution in [0.2, 0.25) is 0 Å². The number of rotatable bonds is 5. The third kappa shape index (κ3) is 4.10. The fraction of sp³-hybridized carbons (Fsp3) is 0.188. The summed E-state index contributed by atoms with van der Waals surface area (Å²) in [5.41, 5.74) is 0.993. The number of Topliss-reactive ketones (excluding diaryl/α,β-unsaturated/α-hetero) is 1. The van der Waals surface area contributed by atoms with Gasteiger partial charge in [-0.3, -0.25) is 9.69 Å². The smallest absolute Gasteiger partial charge is 0.176 e. The zero-order valence-electron chi connectivity index (χ0n) is 11.5. The monoisotopic (exact) mass is 291 g/mol. The van der Waals surface area contributed by atoms with Gasteiger partial charge in [0, 0.05) is 12.1 Å². The first-order valence-electron chi connectivity index (χ1n) is 6.40. The van der Waals surface area contributed by atoms with Gasteiger partial charge in [0.25, 0.3) is 0 Å². The van der Waals surface area contributed by atoms with Crippen molar-refractivity contribution in [1.82, 2.24) is 4.90 Å². The maximum Gasteiger partial charge on any atom is 0.176 e. The van der Waals surface area contributed by atoms with Crippen LogP contribution >= 0.6 is 0 Å². The topological polar surface area (TPSA) is 40.5 Å². The third-order valence-corrected chi connectivity index (χ3v) is 3.02. The Morgan fingerprint density at radius 2 is 1.90 bits per heavy atom. The van der Waals surface area contributed by atoms with Crippen LogP contribution in [0.4, 0.5) is 8.78 Å². The highest BCUT2D eigenvalue weighted by Gasteiger charge is 2.12. The van der Waals surface area contributed by atoms with Crippen molar-refractivity contribution in [2.75, 3.05) is 13.6 Å². The summed E-state index contributed by atoms with van der Waals surface area (Å²) in [6.07, 6.45) is 0. The Morgan fingerprint density at radius 1 is 1.14 bits per heavy atom. The van der Waals surface area contributed by atoms with Crippen LogP contribution in [0.1, 0.15) is 15.9 Å². The lowest BCUT2D eigenvalue weighted by Crippen LogP contribution is -2.25. The molecule has 0 aliphatic heterocycles. The number of carbonyl (C=O) groups is 1. The molecule has 1 N–H and O–H groups in total. The molecule has 0 unspecified atom stereocenters. The van der Waals surface area contributed by atoms with Crippen molar-refractivity contribution in [2.45, 2.75) is 6.54 Å². The van der Waals surface area contributed by atoms with Crippen LogP contribution < -0.4 is 0 Å². The predicted octanol–water partition coefficient (Wildman–Crippen LogP) is 2.99. The number of likely N-dealkylation sites (N-methyl/N-ethyl adjacent to an activating group) is 1. The summed E-state index contributed by atoms with van der Waals surface area (Å²) in [4.78, 5) is 13.7. The zero-order chi connectivity index (χ0) is 15.4. The summed E-state index contributed by atoms with van der Waals surface area (Å²) in [5.74, 6) is -2.14. The maximum atomic E-state index is 13.1. The first-order valence-corrected chi connectivity index (χ1v) is 6.40. The van der Waals surface area contributed by atoms with Crippen molar-refractivity contribution < 1.29 is 18.7 Å². The quantitative estimate of drug-likeness (QED) is 0.861. The number of phenolic OH excluding ortho intramolecular Hbond substituents is 1. The maximum absolute atomic E-state index is 13.1. The fourth-order valence-corrected chi connectivity index (χ4v) is 2.03. The summed E-state index contributed by atoms with van der Waals surface area (Å²) in [6, 6.07) is 9.84. The van der Waals surface area contributed by atoms with Gasteiger partial charge < -0.3 is 5.11 Å². The van der Waals surface area contributed by atoms with Gasteiger partial charge in [-0.05, 0) is 42.9 Å². The molecule has 0 radical (unpaired) electrons. The molecule has 0 fully saturated rings. The molecule has 0 spiro atoms. The Bertz CT molecular complexity index is 658. The van der Waals surface area contributed by atoms with E-state index in [0.717, 1.165) is 17.7 Å². The molecule has 2 rings (SSSR count). The number of ketones is 1. The molecule has 21 heavy (non-hydrogen) atoms. The average Bonchev–Trinajstić information content (AvgIpc) is 2.41. The second-order valence-corrected chi connectivity index (χ2v) is 4.89. The largest absolute Gasteiger partial charge is 0.508 e. The number of nitrogens with zero attached hydrogens (tertiary/aromatic N) is 1. The lowest BCUT2D eigenvalue weighted by atomic mass is 10.1. The highest BCUT2D eigenvalue weighted by molar-refractivity contribution is 5.97. The third-order valence-electron chi connectivity index (χ3n) is 3.02. The van der Waals surface area contributed by atoms with E-state index in [9.17, 15) is 18.7 Å². The number of halogens is 2. The molecule has 3 nitrogen and oxygen atoms in total. The van der Waals surface area contributed by atoms with Crippen molar-refractivity contribution in [3.05, 3.63) is 65.2 Å². The van der Waals surface area contributed by atoms with Crippen LogP contribution in [0.15, 0.2) is 42.5 Å². The van der Waals surface area contributed by atoms with Gasteiger partial charge in [-0.2, -0.15) is 0 Å². The summed E-state index contributed by atoms with van der Waals surface area (Å²) >= 11 is 0. The Kier molecular flexibility index (Phi) is 4.65. The van der Waals surface area contributed by atoms with E-state index in [2.05, 4.69) is 0 Å². The van der Waals surface area contributed by atoms with Gasteiger partial charge in [-0.25, -0.2) is 8.78 Å². The number of carbonyl (C=O) groups excluding carboxylic acids is 1. The summed E-state index contributed by atoms with van der Waals surface area (Å²) in [6.45, 7) is 0.532. The number of phenols is 1. The average molecular weight is 291 g/mol. The van der Waals surface area contributed by atoms with E-state index in [0.29, 0.717) is 6.54 Å². The van der Waals surface area contributed by atoms with Gasteiger partial charge >= 0.3 is 0 Å². The van der Waals surface area contributed by atoms with Crippen molar-refractivity contribution in [2.24, 2.45) is 0 Å². The lowest BCUT2D eigenvalue weighted by Gasteiger charge is -2.16. The molecule has 0 aliphatic carbocycles. The van der Waals surface area contributed by atoms with E-state index in [4.69, 9.17) is 0 Å². The Balaban J connectivity index is 2.00. The van der Waals surface area contributed by atoms with Crippen LogP contribution in [0.25, 0.3) is 0 Å². The molecule has 0 aromatic heterocycles. The minimum Gasteiger partial charge on any atom is -0.508 e. The van der Waals surface area contributed by atoms with Gasteiger partial charge in [-0.1, -0.05) is 12.1 Å². The summed E-state index contributed by atoms with van der Waals surface area (Å²) in [7, 11) is 1.74. The lowest BCUT2D eigenvalue weighted by molar-refractivity contribution is 0.0942. The summed E-state index contributed by atoms with van der Waals surface area (Å²) in [5, 5.41) is 9.38. The van der Waals surface area contributed by atoms with E-state index in [1.54, 1.807) is 30.1 Å². The van der Waals surface area contributed by atoms with Gasteiger partial charge in [0.15, 0.2) is 17.4 Å². The van der Waals surface area contributed by atoms with Crippen molar-refractivity contribution >= 4 is 5.78 Å². The second-order valence-electron chi connectivity index (χ2n) is 4.89. The molecule has 2 aromatic rings. The molecule has 5 heteroatoms. The van der Waals surface area contributed by atoms with Gasteiger partial charge in [0.1, 0.15) is 5.75 Å². The molecular formula is C16H15F2NO2. The van der Waals surface area contributed by atoms with Gasteiger partial charge in [-0.15, -0.1) is 0 Å². The molecular weight excluding hydrogens is 276 g/mol. The Labute approximate surface area is 121 Å². The predicted molar refractivity (Wildman–Crippen MR) is 75.1 cm³/mol. The van der Waals surface area contributed by atoms with E-state index >= 15 is 0 Å². The van der Waals surface area contributed by atoms with Crippen LogP contribution in [-0.2, 0) is 6.54 Å². The molecule has 0 atom stereocenters. The van der Waals surface area contributed by atoms with Crippen molar-refractivity contribution in [3.63, 3.8) is 0 Å². The van der Waals surface area contributed by atoms with E-state index < -0.39 is 11.6 Å². The van der Waals surface area contributed by atoms with Crippen LogP contribution in [0.3, 0.4) is 0 Å². The van der Waals surface area contributed by atoms with E-state index in [1.165, 1.54) is 6.07 Å². The summed E-state index contributed by atoms with van der Waals surface area (Å²) < 4.78 is 25.9. The Morgan fingerprint density at radius 3 is 2.57 bits per heavy atom. The molecule has 0 saturated heterocycles. The molecule has 2 aromatic carbocycles. The van der Waals surface area contributed by atoms with Gasteiger partial charge in [0.05, 0.1) is 6.54 Å². The van der Waals surface area contributed by atoms with E-state index in [1.807, 2.05) is 6.07 Å². The van der Waals surface area contributed by atoms with Crippen LogP contribution in [0, 0.1) is 11.6 Å². The Hall–Kier alpha value is -2.27. The van der Waals surface area contributed by atoms with Crippen LogP contribution in [0.5, 0.6) is 5.75 Å². The second kappa shape index (κ2) is 6.45. The first-order chi connectivity index (χ1) is 9.95.